The van der Waals surface area contributed by atoms with Crippen LogP contribution < -0.4 is 10.1 Å². The average Bonchev–Trinajstić information content (AvgIpc) is 2.86. The lowest BCUT2D eigenvalue weighted by molar-refractivity contribution is -0.130. The molecule has 3 amide bonds. The van der Waals surface area contributed by atoms with Gasteiger partial charge in [-0.2, -0.15) is 0 Å². The molecule has 8 heteroatoms. The van der Waals surface area contributed by atoms with Gasteiger partial charge in [0.2, 0.25) is 0 Å². The maximum absolute atomic E-state index is 13.8. The first-order chi connectivity index (χ1) is 12.8. The largest absolute Gasteiger partial charge is 0.494 e. The van der Waals surface area contributed by atoms with Crippen LogP contribution in [0, 0.1) is 5.82 Å². The van der Waals surface area contributed by atoms with Gasteiger partial charge >= 0.3 is 6.03 Å². The third-order valence-electron chi connectivity index (χ3n) is 4.47. The second kappa shape index (κ2) is 7.00. The number of amides is 3. The van der Waals surface area contributed by atoms with Gasteiger partial charge in [0.25, 0.3) is 5.91 Å². The SMILES string of the molecule is COc1ccc(C(=O)CN2C(=O)N[C@](C)(c3ccc(Cl)cc3)C2=O)cc1F. The lowest BCUT2D eigenvalue weighted by Crippen LogP contribution is -2.41. The van der Waals surface area contributed by atoms with E-state index in [0.29, 0.717) is 10.6 Å². The van der Waals surface area contributed by atoms with Crippen molar-refractivity contribution in [2.75, 3.05) is 13.7 Å². The highest BCUT2D eigenvalue weighted by atomic mass is 35.5. The molecule has 1 heterocycles. The molecule has 6 nitrogen and oxygen atoms in total. The molecule has 140 valence electrons. The first-order valence-electron chi connectivity index (χ1n) is 8.03. The second-order valence-corrected chi connectivity index (χ2v) is 6.66. The minimum Gasteiger partial charge on any atom is -0.494 e. The molecule has 1 saturated heterocycles. The molecular weight excluding hydrogens is 375 g/mol. The lowest BCUT2D eigenvalue weighted by Gasteiger charge is -2.22. The van der Waals surface area contributed by atoms with Gasteiger partial charge in [-0.15, -0.1) is 0 Å². The summed E-state index contributed by atoms with van der Waals surface area (Å²) in [6.45, 7) is 1.05. The minimum atomic E-state index is -1.31. The van der Waals surface area contributed by atoms with Crippen LogP contribution in [0.4, 0.5) is 9.18 Å². The Labute approximate surface area is 159 Å². The van der Waals surface area contributed by atoms with E-state index in [1.807, 2.05) is 0 Å². The first kappa shape index (κ1) is 18.8. The number of rotatable bonds is 5. The molecule has 0 saturated carbocycles. The van der Waals surface area contributed by atoms with Crippen molar-refractivity contribution in [1.82, 2.24) is 10.2 Å². The summed E-state index contributed by atoms with van der Waals surface area (Å²) in [6.07, 6.45) is 0. The maximum Gasteiger partial charge on any atom is 0.325 e. The van der Waals surface area contributed by atoms with Crippen LogP contribution in [0.1, 0.15) is 22.8 Å². The number of hydrogen-bond donors (Lipinski definition) is 1. The fraction of sp³-hybridized carbons (Fsp3) is 0.211. The number of hydrogen-bond acceptors (Lipinski definition) is 4. The predicted octanol–water partition coefficient (Wildman–Crippen LogP) is 3.14. The van der Waals surface area contributed by atoms with E-state index in [0.717, 1.165) is 11.0 Å². The molecule has 1 atom stereocenters. The van der Waals surface area contributed by atoms with Crippen molar-refractivity contribution in [2.24, 2.45) is 0 Å². The van der Waals surface area contributed by atoms with Crippen LogP contribution in [-0.4, -0.2) is 36.3 Å². The third-order valence-corrected chi connectivity index (χ3v) is 4.72. The average molecular weight is 391 g/mol. The van der Waals surface area contributed by atoms with E-state index in [1.165, 1.54) is 19.2 Å². The first-order valence-corrected chi connectivity index (χ1v) is 8.41. The highest BCUT2D eigenvalue weighted by Crippen LogP contribution is 2.30. The van der Waals surface area contributed by atoms with Gasteiger partial charge in [0.15, 0.2) is 17.3 Å². The number of ether oxygens (including phenoxy) is 1. The van der Waals surface area contributed by atoms with Crippen LogP contribution in [0.5, 0.6) is 5.75 Å². The van der Waals surface area contributed by atoms with E-state index in [2.05, 4.69) is 5.32 Å². The van der Waals surface area contributed by atoms with Crippen molar-refractivity contribution in [3.8, 4) is 5.75 Å². The number of benzene rings is 2. The van der Waals surface area contributed by atoms with E-state index >= 15 is 0 Å². The molecule has 0 aliphatic carbocycles. The van der Waals surface area contributed by atoms with Crippen LogP contribution in [0.2, 0.25) is 5.02 Å². The second-order valence-electron chi connectivity index (χ2n) is 6.23. The van der Waals surface area contributed by atoms with Crippen molar-refractivity contribution in [3.05, 3.63) is 64.4 Å². The molecule has 2 aromatic rings. The number of urea groups is 1. The Morgan fingerprint density at radius 2 is 1.89 bits per heavy atom. The van der Waals surface area contributed by atoms with Crippen molar-refractivity contribution < 1.29 is 23.5 Å². The molecule has 3 rings (SSSR count). The Kier molecular flexibility index (Phi) is 4.89. The number of imide groups is 1. The summed E-state index contributed by atoms with van der Waals surface area (Å²) in [6, 6.07) is 9.48. The number of Topliss-reactive ketones (excluding diaryl/α,β-unsaturated/α-hetero) is 1. The zero-order valence-electron chi connectivity index (χ0n) is 14.6. The Morgan fingerprint density at radius 3 is 2.48 bits per heavy atom. The van der Waals surface area contributed by atoms with E-state index in [1.54, 1.807) is 31.2 Å². The number of nitrogens with one attached hydrogen (secondary N) is 1. The number of nitrogens with zero attached hydrogens (tertiary/aromatic N) is 1. The summed E-state index contributed by atoms with van der Waals surface area (Å²) >= 11 is 5.86. The standard InChI is InChI=1S/C19H16ClFN2O4/c1-19(12-4-6-13(20)7-5-12)17(25)23(18(26)22-19)10-15(24)11-3-8-16(27-2)14(21)9-11/h3-9H,10H2,1-2H3,(H,22,26)/t19-/m1/s1. The summed E-state index contributed by atoms with van der Waals surface area (Å²) < 4.78 is 18.6. The van der Waals surface area contributed by atoms with Gasteiger partial charge in [-0.3, -0.25) is 14.5 Å². The molecule has 0 spiro atoms. The van der Waals surface area contributed by atoms with Crippen LogP contribution in [0.3, 0.4) is 0 Å². The summed E-state index contributed by atoms with van der Waals surface area (Å²) in [7, 11) is 1.31. The fourth-order valence-corrected chi connectivity index (χ4v) is 3.02. The van der Waals surface area contributed by atoms with E-state index in [4.69, 9.17) is 16.3 Å². The number of carbonyl (C=O) groups excluding carboxylic acids is 3. The number of methoxy groups -OCH3 is 1. The lowest BCUT2D eigenvalue weighted by atomic mass is 9.92. The van der Waals surface area contributed by atoms with Gasteiger partial charge in [0.1, 0.15) is 5.54 Å². The number of halogens is 2. The summed E-state index contributed by atoms with van der Waals surface area (Å²) in [5, 5.41) is 3.09. The molecule has 0 radical (unpaired) electrons. The van der Waals surface area contributed by atoms with Crippen LogP contribution >= 0.6 is 11.6 Å². The minimum absolute atomic E-state index is 0.00291. The quantitative estimate of drug-likeness (QED) is 0.628. The highest BCUT2D eigenvalue weighted by molar-refractivity contribution is 6.30. The summed E-state index contributed by atoms with van der Waals surface area (Å²) in [5.41, 5.74) is -0.739. The van der Waals surface area contributed by atoms with Gasteiger partial charge in [0.05, 0.1) is 13.7 Å². The fourth-order valence-electron chi connectivity index (χ4n) is 2.89. The van der Waals surface area contributed by atoms with E-state index < -0.39 is 35.6 Å². The van der Waals surface area contributed by atoms with Crippen LogP contribution in [0.25, 0.3) is 0 Å². The summed E-state index contributed by atoms with van der Waals surface area (Å²) in [5.74, 6) is -1.85. The molecule has 1 aliphatic rings. The van der Waals surface area contributed by atoms with Crippen molar-refractivity contribution in [1.29, 1.82) is 0 Å². The molecule has 0 bridgehead atoms. The normalized spacial score (nSPS) is 19.2. The highest BCUT2D eigenvalue weighted by Gasteiger charge is 2.49. The monoisotopic (exact) mass is 390 g/mol. The maximum atomic E-state index is 13.8. The van der Waals surface area contributed by atoms with Gasteiger partial charge in [-0.1, -0.05) is 23.7 Å². The van der Waals surface area contributed by atoms with Gasteiger partial charge in [0, 0.05) is 10.6 Å². The van der Waals surface area contributed by atoms with E-state index in [-0.39, 0.29) is 11.3 Å². The zero-order valence-corrected chi connectivity index (χ0v) is 15.3. The third kappa shape index (κ3) is 3.38. The van der Waals surface area contributed by atoms with E-state index in [9.17, 15) is 18.8 Å². The predicted molar refractivity (Wildman–Crippen MR) is 96.3 cm³/mol. The molecule has 0 unspecified atom stereocenters. The zero-order chi connectivity index (χ0) is 19.8. The van der Waals surface area contributed by atoms with Crippen LogP contribution in [0.15, 0.2) is 42.5 Å². The smallest absolute Gasteiger partial charge is 0.325 e. The van der Waals surface area contributed by atoms with Crippen molar-refractivity contribution in [2.45, 2.75) is 12.5 Å². The van der Waals surface area contributed by atoms with Gasteiger partial charge in [-0.25, -0.2) is 9.18 Å². The molecule has 1 fully saturated rings. The Hall–Kier alpha value is -2.93. The number of ketones is 1. The molecule has 1 N–H and O–H groups in total. The molecule has 1 aliphatic heterocycles. The molecule has 27 heavy (non-hydrogen) atoms. The van der Waals surface area contributed by atoms with Gasteiger partial charge in [-0.05, 0) is 42.8 Å². The van der Waals surface area contributed by atoms with Crippen molar-refractivity contribution >= 4 is 29.3 Å². The van der Waals surface area contributed by atoms with Crippen LogP contribution in [-0.2, 0) is 10.3 Å². The van der Waals surface area contributed by atoms with Gasteiger partial charge < -0.3 is 10.1 Å². The Morgan fingerprint density at radius 1 is 1.22 bits per heavy atom. The Balaban J connectivity index is 1.82. The Bertz CT molecular complexity index is 932. The van der Waals surface area contributed by atoms with Crippen molar-refractivity contribution in [3.63, 3.8) is 0 Å². The topological polar surface area (TPSA) is 75.7 Å². The number of carbonyl (C=O) groups is 3. The molecular formula is C19H16ClFN2O4. The molecule has 0 aromatic heterocycles. The molecule has 2 aromatic carbocycles. The summed E-state index contributed by atoms with van der Waals surface area (Å²) in [4.78, 5) is 38.4.